The number of benzene rings is 1. The summed E-state index contributed by atoms with van der Waals surface area (Å²) >= 11 is 1.30. The molecule has 0 bridgehead atoms. The van der Waals surface area contributed by atoms with E-state index >= 15 is 0 Å². The van der Waals surface area contributed by atoms with Gasteiger partial charge in [-0.15, -0.1) is 11.3 Å². The number of ketones is 1. The average molecular weight is 414 g/mol. The fourth-order valence-corrected chi connectivity index (χ4v) is 4.23. The topological polar surface area (TPSA) is 66.8 Å². The molecule has 3 rings (SSSR count). The molecule has 0 spiro atoms. The molecule has 1 atom stereocenters. The average Bonchev–Trinajstić information content (AvgIpc) is 3.30. The molecule has 2 aromatic rings. The fraction of sp³-hybridized carbons (Fsp3) is 0.391. The molecule has 0 saturated heterocycles. The number of nitrogens with zero attached hydrogens (tertiary/aromatic N) is 1. The van der Waals surface area contributed by atoms with Crippen LogP contribution in [0.2, 0.25) is 0 Å². The van der Waals surface area contributed by atoms with E-state index in [9.17, 15) is 14.7 Å². The standard InChI is InChI=1S/C23H27NO4S/c1-23(2,3)16-10-8-15(9-11-16)19-18(20(25)17-7-5-14-29-17)21(26)22(27)24(19)12-6-13-28-4/h5,7-11,14,19,26H,6,12-13H2,1-4H3. The molecule has 0 fully saturated rings. The number of aliphatic hydroxyl groups excluding tert-OH is 1. The molecule has 1 aromatic carbocycles. The molecule has 1 N–H and O–H groups in total. The molecular formula is C23H27NO4S. The van der Waals surface area contributed by atoms with Crippen molar-refractivity contribution in [1.29, 1.82) is 0 Å². The number of aliphatic hydroxyl groups is 1. The first-order chi connectivity index (χ1) is 13.8. The summed E-state index contributed by atoms with van der Waals surface area (Å²) in [5.41, 5.74) is 2.12. The van der Waals surface area contributed by atoms with Gasteiger partial charge >= 0.3 is 0 Å². The summed E-state index contributed by atoms with van der Waals surface area (Å²) in [6.45, 7) is 7.29. The van der Waals surface area contributed by atoms with Crippen LogP contribution in [0.5, 0.6) is 0 Å². The Hall–Kier alpha value is -2.44. The lowest BCUT2D eigenvalue weighted by atomic mass is 9.85. The van der Waals surface area contributed by atoms with Gasteiger partial charge in [0, 0.05) is 20.3 Å². The first kappa shape index (κ1) is 21.3. The van der Waals surface area contributed by atoms with Crippen molar-refractivity contribution in [2.45, 2.75) is 38.6 Å². The Morgan fingerprint density at radius 2 is 1.90 bits per heavy atom. The van der Waals surface area contributed by atoms with E-state index in [1.54, 1.807) is 24.1 Å². The lowest BCUT2D eigenvalue weighted by Gasteiger charge is -2.27. The number of Topliss-reactive ketones (excluding diaryl/α,β-unsaturated/α-hetero) is 1. The van der Waals surface area contributed by atoms with Gasteiger partial charge in [0.1, 0.15) is 0 Å². The van der Waals surface area contributed by atoms with Crippen molar-refractivity contribution in [3.63, 3.8) is 0 Å². The summed E-state index contributed by atoms with van der Waals surface area (Å²) in [6.07, 6.45) is 0.618. The van der Waals surface area contributed by atoms with Crippen molar-refractivity contribution in [3.05, 3.63) is 69.1 Å². The number of hydrogen-bond donors (Lipinski definition) is 1. The van der Waals surface area contributed by atoms with Crippen molar-refractivity contribution in [2.75, 3.05) is 20.3 Å². The maximum absolute atomic E-state index is 13.1. The van der Waals surface area contributed by atoms with Gasteiger partial charge in [-0.3, -0.25) is 9.59 Å². The van der Waals surface area contributed by atoms with E-state index in [-0.39, 0.29) is 16.8 Å². The van der Waals surface area contributed by atoms with Gasteiger partial charge in [-0.05, 0) is 34.4 Å². The Morgan fingerprint density at radius 1 is 1.21 bits per heavy atom. The minimum atomic E-state index is -0.608. The summed E-state index contributed by atoms with van der Waals surface area (Å²) in [5.74, 6) is -1.26. The number of rotatable bonds is 7. The van der Waals surface area contributed by atoms with Crippen LogP contribution >= 0.6 is 11.3 Å². The van der Waals surface area contributed by atoms with Crippen LogP contribution < -0.4 is 0 Å². The van der Waals surface area contributed by atoms with Crippen molar-refractivity contribution in [1.82, 2.24) is 4.90 Å². The Balaban J connectivity index is 2.02. The fourth-order valence-electron chi connectivity index (χ4n) is 3.55. The first-order valence-electron chi connectivity index (χ1n) is 9.67. The van der Waals surface area contributed by atoms with E-state index in [4.69, 9.17) is 4.74 Å². The van der Waals surface area contributed by atoms with Crippen LogP contribution in [0.15, 0.2) is 53.1 Å². The summed E-state index contributed by atoms with van der Waals surface area (Å²) in [7, 11) is 1.61. The minimum absolute atomic E-state index is 0.00419. The lowest BCUT2D eigenvalue weighted by molar-refractivity contribution is -0.129. The van der Waals surface area contributed by atoms with Crippen LogP contribution in [0.4, 0.5) is 0 Å². The zero-order chi connectivity index (χ0) is 21.2. The van der Waals surface area contributed by atoms with E-state index in [2.05, 4.69) is 20.8 Å². The van der Waals surface area contributed by atoms with Crippen LogP contribution in [-0.2, 0) is 14.9 Å². The molecule has 0 radical (unpaired) electrons. The molecule has 1 aliphatic heterocycles. The minimum Gasteiger partial charge on any atom is -0.503 e. The summed E-state index contributed by atoms with van der Waals surface area (Å²) in [5, 5.41) is 12.4. The maximum Gasteiger partial charge on any atom is 0.290 e. The van der Waals surface area contributed by atoms with Crippen LogP contribution in [0.3, 0.4) is 0 Å². The number of carbonyl (C=O) groups excluding carboxylic acids is 2. The van der Waals surface area contributed by atoms with Gasteiger partial charge in [0.15, 0.2) is 5.76 Å². The van der Waals surface area contributed by atoms with Crippen LogP contribution in [0, 0.1) is 0 Å². The van der Waals surface area contributed by atoms with Crippen molar-refractivity contribution < 1.29 is 19.4 Å². The Bertz CT molecular complexity index is 907. The van der Waals surface area contributed by atoms with Crippen LogP contribution in [0.1, 0.15) is 54.0 Å². The van der Waals surface area contributed by atoms with Gasteiger partial charge in [-0.25, -0.2) is 0 Å². The highest BCUT2D eigenvalue weighted by Gasteiger charge is 2.43. The third kappa shape index (κ3) is 4.28. The zero-order valence-corrected chi connectivity index (χ0v) is 18.1. The molecule has 0 saturated carbocycles. The second kappa shape index (κ2) is 8.51. The van der Waals surface area contributed by atoms with E-state index in [0.717, 1.165) is 11.1 Å². The quantitative estimate of drug-likeness (QED) is 0.530. The monoisotopic (exact) mass is 413 g/mol. The lowest BCUT2D eigenvalue weighted by Crippen LogP contribution is -2.32. The summed E-state index contributed by atoms with van der Waals surface area (Å²) < 4.78 is 5.11. The number of amides is 1. The third-order valence-corrected chi connectivity index (χ3v) is 6.00. The van der Waals surface area contributed by atoms with Crippen LogP contribution in [-0.4, -0.2) is 42.0 Å². The molecule has 29 heavy (non-hydrogen) atoms. The number of carbonyl (C=O) groups is 2. The van der Waals surface area contributed by atoms with E-state index < -0.39 is 17.7 Å². The molecular weight excluding hydrogens is 386 g/mol. The van der Waals surface area contributed by atoms with E-state index in [1.165, 1.54) is 11.3 Å². The molecule has 6 heteroatoms. The molecule has 5 nitrogen and oxygen atoms in total. The highest BCUT2D eigenvalue weighted by molar-refractivity contribution is 7.12. The molecule has 0 aliphatic carbocycles. The number of hydrogen-bond acceptors (Lipinski definition) is 5. The number of methoxy groups -OCH3 is 1. The Morgan fingerprint density at radius 3 is 2.45 bits per heavy atom. The molecule has 1 unspecified atom stereocenters. The van der Waals surface area contributed by atoms with Gasteiger partial charge in [-0.2, -0.15) is 0 Å². The highest BCUT2D eigenvalue weighted by Crippen LogP contribution is 2.40. The van der Waals surface area contributed by atoms with Gasteiger partial charge in [-0.1, -0.05) is 51.1 Å². The second-order valence-electron chi connectivity index (χ2n) is 8.19. The Kier molecular flexibility index (Phi) is 6.24. The SMILES string of the molecule is COCCCN1C(=O)C(O)=C(C(=O)c2cccs2)C1c1ccc(C(C)(C)C)cc1. The first-order valence-corrected chi connectivity index (χ1v) is 10.6. The zero-order valence-electron chi connectivity index (χ0n) is 17.3. The van der Waals surface area contributed by atoms with Crippen molar-refractivity contribution >= 4 is 23.0 Å². The van der Waals surface area contributed by atoms with Crippen molar-refractivity contribution in [3.8, 4) is 0 Å². The predicted octanol–water partition coefficient (Wildman–Crippen LogP) is 4.66. The maximum atomic E-state index is 13.1. The normalized spacial score (nSPS) is 17.3. The van der Waals surface area contributed by atoms with Crippen molar-refractivity contribution in [2.24, 2.45) is 0 Å². The summed E-state index contributed by atoms with van der Waals surface area (Å²) in [4.78, 5) is 28.0. The second-order valence-corrected chi connectivity index (χ2v) is 9.14. The molecule has 154 valence electrons. The molecule has 1 aliphatic rings. The summed E-state index contributed by atoms with van der Waals surface area (Å²) in [6, 6.07) is 10.8. The van der Waals surface area contributed by atoms with Gasteiger partial charge in [0.25, 0.3) is 5.91 Å². The number of ether oxygens (including phenoxy) is 1. The van der Waals surface area contributed by atoms with E-state index in [1.807, 2.05) is 29.6 Å². The smallest absolute Gasteiger partial charge is 0.290 e. The van der Waals surface area contributed by atoms with Gasteiger partial charge in [0.2, 0.25) is 5.78 Å². The number of thiophene rings is 1. The third-order valence-electron chi connectivity index (χ3n) is 5.13. The largest absolute Gasteiger partial charge is 0.503 e. The molecule has 1 aromatic heterocycles. The van der Waals surface area contributed by atoms with Gasteiger partial charge < -0.3 is 14.7 Å². The molecule has 2 heterocycles. The van der Waals surface area contributed by atoms with Gasteiger partial charge in [0.05, 0.1) is 16.5 Å². The van der Waals surface area contributed by atoms with E-state index in [0.29, 0.717) is 24.4 Å². The Labute approximate surface area is 175 Å². The van der Waals surface area contributed by atoms with Crippen LogP contribution in [0.25, 0.3) is 0 Å². The highest BCUT2D eigenvalue weighted by atomic mass is 32.1. The predicted molar refractivity (Wildman–Crippen MR) is 114 cm³/mol. The molecule has 1 amide bonds.